The first kappa shape index (κ1) is 17.0. The molecule has 0 aliphatic heterocycles. The molecule has 0 saturated carbocycles. The van der Waals surface area contributed by atoms with Crippen LogP contribution in [0.25, 0.3) is 10.9 Å². The molecule has 0 spiro atoms. The van der Waals surface area contributed by atoms with Crippen molar-refractivity contribution in [2.24, 2.45) is 4.99 Å². The van der Waals surface area contributed by atoms with Crippen LogP contribution in [0, 0.1) is 0 Å². The zero-order valence-corrected chi connectivity index (χ0v) is 13.7. The molecule has 0 bridgehead atoms. The number of esters is 1. The first-order chi connectivity index (χ1) is 12.4. The van der Waals surface area contributed by atoms with Gasteiger partial charge in [0.05, 0.1) is 19.7 Å². The molecule has 10 heteroatoms. The monoisotopic (exact) mass is 358 g/mol. The molecule has 10 nitrogen and oxygen atoms in total. The summed E-state index contributed by atoms with van der Waals surface area (Å²) in [6.07, 6.45) is 1.05. The summed E-state index contributed by atoms with van der Waals surface area (Å²) in [5.74, 6) is -0.726. The molecule has 134 valence electrons. The van der Waals surface area contributed by atoms with Gasteiger partial charge in [-0.2, -0.15) is 0 Å². The summed E-state index contributed by atoms with van der Waals surface area (Å²) in [5, 5.41) is 10.3. The average molecular weight is 358 g/mol. The van der Waals surface area contributed by atoms with Crippen LogP contribution >= 0.6 is 0 Å². The minimum absolute atomic E-state index is 0.0624. The minimum Gasteiger partial charge on any atom is -0.497 e. The highest BCUT2D eigenvalue weighted by Crippen LogP contribution is 2.33. The lowest BCUT2D eigenvalue weighted by Gasteiger charge is -2.00. The fourth-order valence-electron chi connectivity index (χ4n) is 2.41. The number of aromatic amines is 3. The van der Waals surface area contributed by atoms with Gasteiger partial charge >= 0.3 is 11.7 Å². The molecule has 0 fully saturated rings. The Kier molecular flexibility index (Phi) is 4.31. The number of hydrogen-bond donors (Lipinski definition) is 4. The fraction of sp³-hybridized carbons (Fsp3) is 0.125. The zero-order valence-electron chi connectivity index (χ0n) is 13.7. The molecular formula is C16H14N4O6. The number of aromatic hydroxyl groups is 1. The second-order valence-electron chi connectivity index (χ2n) is 5.18. The Labute approximate surface area is 145 Å². The molecule has 0 amide bonds. The van der Waals surface area contributed by atoms with Crippen molar-refractivity contribution in [1.82, 2.24) is 15.0 Å². The molecule has 3 aromatic rings. The number of rotatable bonds is 4. The van der Waals surface area contributed by atoms with Gasteiger partial charge in [0.15, 0.2) is 5.69 Å². The van der Waals surface area contributed by atoms with Crippen molar-refractivity contribution in [2.75, 3.05) is 14.2 Å². The zero-order chi connectivity index (χ0) is 18.8. The lowest BCUT2D eigenvalue weighted by molar-refractivity contribution is 0.0596. The van der Waals surface area contributed by atoms with Crippen molar-refractivity contribution < 1.29 is 19.4 Å². The quantitative estimate of drug-likeness (QED) is 0.400. The average Bonchev–Trinajstić information content (AvgIpc) is 2.97. The highest BCUT2D eigenvalue weighted by atomic mass is 16.5. The minimum atomic E-state index is -0.848. The van der Waals surface area contributed by atoms with Crippen LogP contribution in [0.3, 0.4) is 0 Å². The molecule has 2 heterocycles. The number of methoxy groups -OCH3 is 2. The standard InChI is InChI=1S/C16H14N4O6/c1-25-7-3-4-8-10(5-7)18-12(15(23)26-2)11(8)17-6-9-13(21)19-16(24)20-14(9)22/h3-6,18H,1-2H3,(H3,19,20,21,22,24). The number of hydrogen-bond acceptors (Lipinski definition) is 7. The smallest absolute Gasteiger partial charge is 0.356 e. The second kappa shape index (κ2) is 6.59. The molecule has 0 unspecified atom stereocenters. The lowest BCUT2D eigenvalue weighted by atomic mass is 10.2. The van der Waals surface area contributed by atoms with Gasteiger partial charge < -0.3 is 19.6 Å². The van der Waals surface area contributed by atoms with Gasteiger partial charge in [-0.15, -0.1) is 0 Å². The Morgan fingerprint density at radius 2 is 1.96 bits per heavy atom. The Balaban J connectivity index is 2.19. The van der Waals surface area contributed by atoms with E-state index in [9.17, 15) is 19.5 Å². The van der Waals surface area contributed by atoms with Crippen LogP contribution in [0.15, 0.2) is 32.8 Å². The molecule has 0 saturated heterocycles. The predicted octanol–water partition coefficient (Wildman–Crippen LogP) is 0.796. The second-order valence-corrected chi connectivity index (χ2v) is 5.18. The first-order valence-electron chi connectivity index (χ1n) is 7.32. The van der Waals surface area contributed by atoms with Crippen LogP contribution in [0.5, 0.6) is 11.6 Å². The summed E-state index contributed by atoms with van der Waals surface area (Å²) < 4.78 is 9.88. The first-order valence-corrected chi connectivity index (χ1v) is 7.32. The van der Waals surface area contributed by atoms with Gasteiger partial charge in [0.25, 0.3) is 5.56 Å². The van der Waals surface area contributed by atoms with Gasteiger partial charge in [-0.25, -0.2) is 9.59 Å². The Bertz CT molecular complexity index is 1140. The molecule has 0 aliphatic carbocycles. The third-order valence-corrected chi connectivity index (χ3v) is 3.65. The summed E-state index contributed by atoms with van der Waals surface area (Å²) in [5.41, 5.74) is -1.10. The summed E-state index contributed by atoms with van der Waals surface area (Å²) in [4.78, 5) is 46.0. The van der Waals surface area contributed by atoms with E-state index in [-0.39, 0.29) is 16.9 Å². The number of H-pyrrole nitrogens is 3. The van der Waals surface area contributed by atoms with Gasteiger partial charge in [0, 0.05) is 17.7 Å². The van der Waals surface area contributed by atoms with E-state index < -0.39 is 23.1 Å². The highest BCUT2D eigenvalue weighted by Gasteiger charge is 2.18. The normalized spacial score (nSPS) is 11.2. The van der Waals surface area contributed by atoms with Gasteiger partial charge in [0.2, 0.25) is 5.88 Å². The van der Waals surface area contributed by atoms with Crippen LogP contribution in [-0.2, 0) is 4.74 Å². The fourth-order valence-corrected chi connectivity index (χ4v) is 2.41. The predicted molar refractivity (Wildman–Crippen MR) is 92.8 cm³/mol. The molecule has 1 aromatic carbocycles. The molecule has 0 aliphatic rings. The van der Waals surface area contributed by atoms with Gasteiger partial charge in [-0.1, -0.05) is 0 Å². The summed E-state index contributed by atoms with van der Waals surface area (Å²) in [6.45, 7) is 0. The van der Waals surface area contributed by atoms with Gasteiger partial charge in [0.1, 0.15) is 17.0 Å². The molecule has 2 aromatic heterocycles. The maximum atomic E-state index is 12.0. The topological polar surface area (TPSA) is 150 Å². The van der Waals surface area contributed by atoms with Crippen molar-refractivity contribution >= 4 is 28.8 Å². The van der Waals surface area contributed by atoms with Crippen LogP contribution in [0.1, 0.15) is 16.1 Å². The Hall–Kier alpha value is -3.82. The number of aliphatic imine (C=N–C) groups is 1. The maximum absolute atomic E-state index is 12.0. The molecule has 26 heavy (non-hydrogen) atoms. The van der Waals surface area contributed by atoms with Crippen molar-refractivity contribution in [3.63, 3.8) is 0 Å². The van der Waals surface area contributed by atoms with Crippen molar-refractivity contribution in [1.29, 1.82) is 0 Å². The van der Waals surface area contributed by atoms with E-state index in [1.165, 1.54) is 14.2 Å². The molecule has 0 radical (unpaired) electrons. The SMILES string of the molecule is COC(=O)c1[nH]c2cc(OC)ccc2c1N=Cc1c(O)[nH]c(=O)[nH]c1=O. The summed E-state index contributed by atoms with van der Waals surface area (Å²) in [6, 6.07) is 5.03. The van der Waals surface area contributed by atoms with Crippen LogP contribution in [-0.4, -0.2) is 46.5 Å². The molecule has 3 rings (SSSR count). The van der Waals surface area contributed by atoms with E-state index in [0.29, 0.717) is 16.7 Å². The van der Waals surface area contributed by atoms with Crippen molar-refractivity contribution in [2.45, 2.75) is 0 Å². The highest BCUT2D eigenvalue weighted by molar-refractivity contribution is 6.06. The van der Waals surface area contributed by atoms with Crippen molar-refractivity contribution in [3.8, 4) is 11.6 Å². The molecule has 0 atom stereocenters. The number of carbonyl (C=O) groups is 1. The number of nitrogens with one attached hydrogen (secondary N) is 3. The number of carbonyl (C=O) groups excluding carboxylic acids is 1. The van der Waals surface area contributed by atoms with E-state index >= 15 is 0 Å². The van der Waals surface area contributed by atoms with Gasteiger partial charge in [-0.05, 0) is 12.1 Å². The van der Waals surface area contributed by atoms with E-state index in [0.717, 1.165) is 6.21 Å². The Morgan fingerprint density at radius 3 is 2.62 bits per heavy atom. The van der Waals surface area contributed by atoms with E-state index in [1.54, 1.807) is 18.2 Å². The number of benzene rings is 1. The summed E-state index contributed by atoms with van der Waals surface area (Å²) in [7, 11) is 2.73. The Morgan fingerprint density at radius 1 is 1.19 bits per heavy atom. The van der Waals surface area contributed by atoms with E-state index in [4.69, 9.17) is 9.47 Å². The molecule has 4 N–H and O–H groups in total. The lowest BCUT2D eigenvalue weighted by Crippen LogP contribution is -2.24. The van der Waals surface area contributed by atoms with Crippen LogP contribution in [0.4, 0.5) is 5.69 Å². The number of ether oxygens (including phenoxy) is 2. The number of aromatic nitrogens is 3. The van der Waals surface area contributed by atoms with E-state index in [1.807, 2.05) is 9.97 Å². The number of nitrogens with zero attached hydrogens (tertiary/aromatic N) is 1. The van der Waals surface area contributed by atoms with Crippen molar-refractivity contribution in [3.05, 3.63) is 50.3 Å². The third-order valence-electron chi connectivity index (χ3n) is 3.65. The number of fused-ring (bicyclic) bond motifs is 1. The van der Waals surface area contributed by atoms with E-state index in [2.05, 4.69) is 9.98 Å². The van der Waals surface area contributed by atoms with Crippen LogP contribution < -0.4 is 16.0 Å². The summed E-state index contributed by atoms with van der Waals surface area (Å²) >= 11 is 0. The molecular weight excluding hydrogens is 344 g/mol. The van der Waals surface area contributed by atoms with Gasteiger partial charge in [-0.3, -0.25) is 19.8 Å². The largest absolute Gasteiger partial charge is 0.497 e. The van der Waals surface area contributed by atoms with Crippen LogP contribution in [0.2, 0.25) is 0 Å². The maximum Gasteiger partial charge on any atom is 0.356 e. The third kappa shape index (κ3) is 2.95.